The van der Waals surface area contributed by atoms with Crippen molar-refractivity contribution in [2.75, 3.05) is 32.5 Å². The Hall–Kier alpha value is -2.17. The molecule has 10 nitrogen and oxygen atoms in total. The van der Waals surface area contributed by atoms with Gasteiger partial charge in [0.2, 0.25) is 20.0 Å². The smallest absolute Gasteiger partial charge is 0.263 e. The Morgan fingerprint density at radius 2 is 1.89 bits per heavy atom. The van der Waals surface area contributed by atoms with E-state index in [-0.39, 0.29) is 24.6 Å². The molecule has 0 saturated carbocycles. The Morgan fingerprint density at radius 1 is 1.25 bits per heavy atom. The number of carbonyl (C=O) groups excluding carboxylic acids is 1. The fourth-order valence-electron chi connectivity index (χ4n) is 2.65. The van der Waals surface area contributed by atoms with Gasteiger partial charge in [-0.15, -0.1) is 5.92 Å². The number of sulfonamides is 2. The van der Waals surface area contributed by atoms with Crippen LogP contribution in [0.5, 0.6) is 5.75 Å². The lowest BCUT2D eigenvalue weighted by molar-refractivity contribution is -0.134. The summed E-state index contributed by atoms with van der Waals surface area (Å²) in [5, 5.41) is 8.95. The van der Waals surface area contributed by atoms with Gasteiger partial charge in [-0.05, 0) is 31.2 Å². The molecule has 1 aromatic rings. The number of benzene rings is 1. The summed E-state index contributed by atoms with van der Waals surface area (Å²) in [5.41, 5.74) is 1.40. The van der Waals surface area contributed by atoms with Crippen molar-refractivity contribution in [2.24, 2.45) is 0 Å². The van der Waals surface area contributed by atoms with Crippen molar-refractivity contribution in [3.8, 4) is 17.6 Å². The van der Waals surface area contributed by atoms with Gasteiger partial charge in [-0.25, -0.2) is 22.3 Å². The fraction of sp³-hybridized carbons (Fsp3) is 0.438. The van der Waals surface area contributed by atoms with Crippen LogP contribution >= 0.6 is 0 Å². The minimum Gasteiger partial charge on any atom is -0.481 e. The Balaban J connectivity index is 2.29. The van der Waals surface area contributed by atoms with Crippen molar-refractivity contribution >= 4 is 26.0 Å². The van der Waals surface area contributed by atoms with Crippen molar-refractivity contribution in [3.63, 3.8) is 0 Å². The van der Waals surface area contributed by atoms with Gasteiger partial charge in [0.15, 0.2) is 0 Å². The first-order valence-electron chi connectivity index (χ1n) is 8.14. The molecule has 0 aliphatic carbocycles. The first-order chi connectivity index (χ1) is 13.1. The van der Waals surface area contributed by atoms with Crippen LogP contribution in [0.25, 0.3) is 0 Å². The number of piperazine rings is 1. The lowest BCUT2D eigenvalue weighted by atomic mass is 10.2. The van der Waals surface area contributed by atoms with E-state index in [0.717, 1.165) is 14.9 Å². The Bertz CT molecular complexity index is 979. The summed E-state index contributed by atoms with van der Waals surface area (Å²) in [7, 11) is -7.75. The number of ether oxygens (including phenoxy) is 1. The third kappa shape index (κ3) is 5.00. The molecule has 1 saturated heterocycles. The first kappa shape index (κ1) is 22.1. The average Bonchev–Trinajstić information content (AvgIpc) is 2.66. The summed E-state index contributed by atoms with van der Waals surface area (Å²) < 4.78 is 56.7. The normalized spacial score (nSPS) is 18.8. The number of amides is 1. The predicted octanol–water partition coefficient (Wildman–Crippen LogP) is -0.771. The number of nitrogens with one attached hydrogen (secondary N) is 1. The second kappa shape index (κ2) is 8.89. The van der Waals surface area contributed by atoms with Gasteiger partial charge in [-0.3, -0.25) is 10.0 Å². The molecule has 1 aliphatic heterocycles. The van der Waals surface area contributed by atoms with Gasteiger partial charge in [0.05, 0.1) is 11.2 Å². The highest BCUT2D eigenvalue weighted by atomic mass is 32.2. The van der Waals surface area contributed by atoms with E-state index in [1.165, 1.54) is 29.7 Å². The van der Waals surface area contributed by atoms with E-state index in [1.54, 1.807) is 6.92 Å². The number of carbonyl (C=O) groups is 1. The molecule has 2 rings (SSSR count). The molecular weight excluding hydrogens is 410 g/mol. The monoisotopic (exact) mass is 431 g/mol. The van der Waals surface area contributed by atoms with Crippen LogP contribution in [0.15, 0.2) is 29.2 Å². The average molecular weight is 431 g/mol. The van der Waals surface area contributed by atoms with Crippen LogP contribution in [0.3, 0.4) is 0 Å². The highest BCUT2D eigenvalue weighted by Crippen LogP contribution is 2.24. The Kier molecular flexibility index (Phi) is 7.02. The molecular formula is C16H21N3O7S2. The van der Waals surface area contributed by atoms with E-state index < -0.39 is 38.5 Å². The molecule has 1 aliphatic rings. The molecule has 0 spiro atoms. The number of hydrogen-bond donors (Lipinski definition) is 2. The van der Waals surface area contributed by atoms with Gasteiger partial charge >= 0.3 is 0 Å². The lowest BCUT2D eigenvalue weighted by Gasteiger charge is -2.38. The van der Waals surface area contributed by atoms with E-state index >= 15 is 0 Å². The summed E-state index contributed by atoms with van der Waals surface area (Å²) in [6, 6.07) is 4.15. The quantitative estimate of drug-likeness (QED) is 0.343. The minimum atomic E-state index is -4.12. The van der Waals surface area contributed by atoms with Crippen LogP contribution in [-0.4, -0.2) is 75.1 Å². The third-order valence-corrected chi connectivity index (χ3v) is 7.29. The maximum absolute atomic E-state index is 13.0. The second-order valence-corrected chi connectivity index (χ2v) is 9.79. The van der Waals surface area contributed by atoms with E-state index in [4.69, 9.17) is 9.94 Å². The molecule has 1 atom stereocenters. The van der Waals surface area contributed by atoms with Crippen LogP contribution in [0.1, 0.15) is 6.92 Å². The minimum absolute atomic E-state index is 0.0926. The zero-order valence-corrected chi connectivity index (χ0v) is 17.0. The van der Waals surface area contributed by atoms with Crippen LogP contribution in [0, 0.1) is 11.8 Å². The van der Waals surface area contributed by atoms with E-state index in [2.05, 4.69) is 11.8 Å². The molecule has 0 aromatic heterocycles. The summed E-state index contributed by atoms with van der Waals surface area (Å²) in [4.78, 5) is 11.9. The first-order valence-corrected chi connectivity index (χ1v) is 11.4. The van der Waals surface area contributed by atoms with Crippen molar-refractivity contribution in [2.45, 2.75) is 17.9 Å². The van der Waals surface area contributed by atoms with Crippen molar-refractivity contribution in [1.82, 2.24) is 14.1 Å². The Labute approximate surface area is 164 Å². The summed E-state index contributed by atoms with van der Waals surface area (Å²) in [6.45, 7) is 1.08. The van der Waals surface area contributed by atoms with Gasteiger partial charge in [-0.1, -0.05) is 5.92 Å². The van der Waals surface area contributed by atoms with Gasteiger partial charge in [0, 0.05) is 19.6 Å². The van der Waals surface area contributed by atoms with Crippen molar-refractivity contribution in [3.05, 3.63) is 24.3 Å². The van der Waals surface area contributed by atoms with Gasteiger partial charge < -0.3 is 4.74 Å². The summed E-state index contributed by atoms with van der Waals surface area (Å²) in [6.07, 6.45) is 0.965. The third-order valence-electron chi connectivity index (χ3n) is 4.09. The number of hydrogen-bond acceptors (Lipinski definition) is 7. The lowest BCUT2D eigenvalue weighted by Crippen LogP contribution is -2.60. The topological polar surface area (TPSA) is 133 Å². The molecule has 1 heterocycles. The predicted molar refractivity (Wildman–Crippen MR) is 99.4 cm³/mol. The molecule has 0 bridgehead atoms. The second-order valence-electron chi connectivity index (χ2n) is 5.92. The SMILES string of the molecule is CC#CCOc1ccc(S(=O)(=O)N2CCN(S(C)(=O)=O)CC2C(=O)NO)cc1. The fourth-order valence-corrected chi connectivity index (χ4v) is 5.05. The van der Waals surface area contributed by atoms with E-state index in [0.29, 0.717) is 5.75 Å². The molecule has 1 unspecified atom stereocenters. The standard InChI is InChI=1S/C16H21N3O7S2/c1-3-4-11-26-13-5-7-14(8-6-13)28(24,25)19-10-9-18(27(2,22)23)12-15(19)16(20)17-21/h5-8,15,21H,9-12H2,1-2H3,(H,17,20). The number of nitrogens with zero attached hydrogens (tertiary/aromatic N) is 2. The maximum Gasteiger partial charge on any atom is 0.263 e. The summed E-state index contributed by atoms with van der Waals surface area (Å²) in [5.74, 6) is 4.79. The molecule has 154 valence electrons. The van der Waals surface area contributed by atoms with Gasteiger partial charge in [-0.2, -0.15) is 8.61 Å². The zero-order valence-electron chi connectivity index (χ0n) is 15.3. The van der Waals surface area contributed by atoms with Crippen LogP contribution in [-0.2, 0) is 24.8 Å². The van der Waals surface area contributed by atoms with Gasteiger partial charge in [0.25, 0.3) is 5.91 Å². The molecule has 1 fully saturated rings. The molecule has 2 N–H and O–H groups in total. The molecule has 1 amide bonds. The zero-order chi connectivity index (χ0) is 20.9. The van der Waals surface area contributed by atoms with Gasteiger partial charge in [0.1, 0.15) is 18.4 Å². The summed E-state index contributed by atoms with van der Waals surface area (Å²) >= 11 is 0. The largest absolute Gasteiger partial charge is 0.481 e. The molecule has 1 aromatic carbocycles. The molecule has 0 radical (unpaired) electrons. The van der Waals surface area contributed by atoms with Crippen molar-refractivity contribution < 1.29 is 31.6 Å². The highest BCUT2D eigenvalue weighted by Gasteiger charge is 2.42. The van der Waals surface area contributed by atoms with E-state index in [9.17, 15) is 21.6 Å². The number of rotatable bonds is 6. The van der Waals surface area contributed by atoms with Crippen molar-refractivity contribution in [1.29, 1.82) is 0 Å². The van der Waals surface area contributed by atoms with E-state index in [1.807, 2.05) is 0 Å². The highest BCUT2D eigenvalue weighted by molar-refractivity contribution is 7.89. The Morgan fingerprint density at radius 3 is 2.43 bits per heavy atom. The van der Waals surface area contributed by atoms with Crippen LogP contribution < -0.4 is 10.2 Å². The molecule has 28 heavy (non-hydrogen) atoms. The molecule has 12 heteroatoms. The van der Waals surface area contributed by atoms with Crippen LogP contribution in [0.2, 0.25) is 0 Å². The van der Waals surface area contributed by atoms with Crippen LogP contribution in [0.4, 0.5) is 0 Å². The number of hydroxylamine groups is 1. The maximum atomic E-state index is 13.0.